The third kappa shape index (κ3) is 5.41. The van der Waals surface area contributed by atoms with Gasteiger partial charge in [0.25, 0.3) is 5.91 Å². The lowest BCUT2D eigenvalue weighted by atomic mass is 10.0. The summed E-state index contributed by atoms with van der Waals surface area (Å²) in [5, 5.41) is 12.4. The average Bonchev–Trinajstić information content (AvgIpc) is 3.52. The summed E-state index contributed by atoms with van der Waals surface area (Å²) in [5.41, 5.74) is 5.91. The number of amides is 1. The molecule has 0 bridgehead atoms. The van der Waals surface area contributed by atoms with E-state index in [1.807, 2.05) is 37.3 Å². The van der Waals surface area contributed by atoms with Gasteiger partial charge in [-0.25, -0.2) is 0 Å². The minimum Gasteiger partial charge on any atom is -0.481 e. The van der Waals surface area contributed by atoms with Crippen LogP contribution in [0.15, 0.2) is 60.7 Å². The number of carboxylic acid groups (broad SMARTS) is 1. The molecule has 3 aromatic rings. The summed E-state index contributed by atoms with van der Waals surface area (Å²) in [4.78, 5) is 24.6. The van der Waals surface area contributed by atoms with Crippen LogP contribution in [-0.2, 0) is 17.6 Å². The van der Waals surface area contributed by atoms with Crippen molar-refractivity contribution in [2.45, 2.75) is 64.8 Å². The molecule has 1 fully saturated rings. The Morgan fingerprint density at radius 3 is 2.53 bits per heavy atom. The van der Waals surface area contributed by atoms with E-state index < -0.39 is 5.97 Å². The third-order valence-corrected chi connectivity index (χ3v) is 6.90. The smallest absolute Gasteiger partial charge is 0.307 e. The molecule has 34 heavy (non-hydrogen) atoms. The number of rotatable bonds is 10. The van der Waals surface area contributed by atoms with Gasteiger partial charge in [0.05, 0.1) is 5.92 Å². The molecule has 0 saturated heterocycles. The molecule has 0 unspecified atom stereocenters. The van der Waals surface area contributed by atoms with Gasteiger partial charge >= 0.3 is 5.97 Å². The van der Waals surface area contributed by atoms with E-state index in [1.165, 1.54) is 11.3 Å². The molecule has 2 N–H and O–H groups in total. The quantitative estimate of drug-likeness (QED) is 0.370. The second-order valence-corrected chi connectivity index (χ2v) is 9.55. The number of nitrogens with zero attached hydrogens (tertiary/aromatic N) is 1. The van der Waals surface area contributed by atoms with Crippen LogP contribution in [0.3, 0.4) is 0 Å². The number of carbonyl (C=O) groups excluding carboxylic acids is 1. The van der Waals surface area contributed by atoms with Crippen LogP contribution < -0.4 is 5.32 Å². The second-order valence-electron chi connectivity index (χ2n) is 9.55. The first-order chi connectivity index (χ1) is 16.4. The number of aryl methyl sites for hydroxylation is 3. The minimum absolute atomic E-state index is 0.0354. The van der Waals surface area contributed by atoms with Crippen LogP contribution in [0.2, 0.25) is 0 Å². The molecule has 1 saturated carbocycles. The molecule has 1 aromatic heterocycles. The Balaban J connectivity index is 1.49. The molecule has 0 spiro atoms. The van der Waals surface area contributed by atoms with Gasteiger partial charge in [-0.15, -0.1) is 0 Å². The summed E-state index contributed by atoms with van der Waals surface area (Å²) in [7, 11) is 0. The molecule has 1 aliphatic carbocycles. The van der Waals surface area contributed by atoms with Crippen molar-refractivity contribution in [2.24, 2.45) is 5.92 Å². The predicted molar refractivity (Wildman–Crippen MR) is 136 cm³/mol. The zero-order valence-corrected chi connectivity index (χ0v) is 20.3. The Morgan fingerprint density at radius 1 is 1.09 bits per heavy atom. The SMILES string of the molecule is CC[C@H](C)n1c(CCCc2ccccc2)ccc1C(=O)Nc1cc(C)cc([C@H]2C[C@H]2C(=O)O)c1. The van der Waals surface area contributed by atoms with Gasteiger partial charge in [0.1, 0.15) is 5.69 Å². The van der Waals surface area contributed by atoms with Crippen molar-refractivity contribution in [3.05, 3.63) is 88.7 Å². The highest BCUT2D eigenvalue weighted by Crippen LogP contribution is 2.48. The van der Waals surface area contributed by atoms with E-state index >= 15 is 0 Å². The Hall–Kier alpha value is -3.34. The number of aromatic nitrogens is 1. The van der Waals surface area contributed by atoms with Crippen molar-refractivity contribution in [1.82, 2.24) is 4.57 Å². The summed E-state index contributed by atoms with van der Waals surface area (Å²) in [6.07, 6.45) is 4.56. The van der Waals surface area contributed by atoms with Crippen LogP contribution >= 0.6 is 0 Å². The molecule has 1 aliphatic rings. The number of hydrogen-bond donors (Lipinski definition) is 2. The maximum atomic E-state index is 13.3. The molecule has 1 amide bonds. The molecule has 5 nitrogen and oxygen atoms in total. The highest BCUT2D eigenvalue weighted by molar-refractivity contribution is 6.03. The maximum absolute atomic E-state index is 13.3. The van der Waals surface area contributed by atoms with E-state index in [1.54, 1.807) is 0 Å². The molecule has 2 aromatic carbocycles. The normalized spacial score (nSPS) is 17.9. The lowest BCUT2D eigenvalue weighted by Gasteiger charge is -2.20. The largest absolute Gasteiger partial charge is 0.481 e. The first kappa shape index (κ1) is 23.8. The maximum Gasteiger partial charge on any atom is 0.307 e. The number of nitrogens with one attached hydrogen (secondary N) is 1. The summed E-state index contributed by atoms with van der Waals surface area (Å²) in [5.74, 6) is -1.15. The average molecular weight is 459 g/mol. The van der Waals surface area contributed by atoms with Gasteiger partial charge in [0, 0.05) is 17.4 Å². The predicted octanol–water partition coefficient (Wildman–Crippen LogP) is 6.38. The fraction of sp³-hybridized carbons (Fsp3) is 0.379. The second kappa shape index (κ2) is 10.3. The van der Waals surface area contributed by atoms with Gasteiger partial charge in [-0.2, -0.15) is 0 Å². The molecule has 5 heteroatoms. The Labute approximate surface area is 201 Å². The van der Waals surface area contributed by atoms with E-state index in [0.717, 1.165) is 42.5 Å². The van der Waals surface area contributed by atoms with Gasteiger partial charge in [-0.3, -0.25) is 9.59 Å². The molecule has 3 atom stereocenters. The number of benzene rings is 2. The fourth-order valence-corrected chi connectivity index (χ4v) is 4.83. The lowest BCUT2D eigenvalue weighted by molar-refractivity contribution is -0.138. The summed E-state index contributed by atoms with van der Waals surface area (Å²) < 4.78 is 2.18. The first-order valence-corrected chi connectivity index (χ1v) is 12.3. The Morgan fingerprint density at radius 2 is 1.85 bits per heavy atom. The number of aliphatic carboxylic acids is 1. The van der Waals surface area contributed by atoms with Crippen molar-refractivity contribution in [3.63, 3.8) is 0 Å². The van der Waals surface area contributed by atoms with Crippen LogP contribution in [0.4, 0.5) is 5.69 Å². The van der Waals surface area contributed by atoms with Crippen LogP contribution in [0, 0.1) is 12.8 Å². The van der Waals surface area contributed by atoms with Gasteiger partial charge in [0.15, 0.2) is 0 Å². The van der Waals surface area contributed by atoms with Crippen LogP contribution in [0.5, 0.6) is 0 Å². The van der Waals surface area contributed by atoms with E-state index in [4.69, 9.17) is 0 Å². The molecule has 178 valence electrons. The number of carboxylic acids is 1. The van der Waals surface area contributed by atoms with E-state index in [9.17, 15) is 14.7 Å². The number of anilines is 1. The molecule has 0 radical (unpaired) electrons. The van der Waals surface area contributed by atoms with Gasteiger partial charge in [-0.05, 0) is 92.8 Å². The topological polar surface area (TPSA) is 71.3 Å². The van der Waals surface area contributed by atoms with Crippen LogP contribution in [-0.4, -0.2) is 21.6 Å². The Bertz CT molecular complexity index is 1170. The molecule has 4 rings (SSSR count). The van der Waals surface area contributed by atoms with Gasteiger partial charge in [-0.1, -0.05) is 43.3 Å². The summed E-state index contributed by atoms with van der Waals surface area (Å²) in [6, 6.07) is 20.6. The number of hydrogen-bond acceptors (Lipinski definition) is 2. The summed E-state index contributed by atoms with van der Waals surface area (Å²) >= 11 is 0. The van der Waals surface area contributed by atoms with Gasteiger partial charge < -0.3 is 15.0 Å². The van der Waals surface area contributed by atoms with Crippen molar-refractivity contribution in [3.8, 4) is 0 Å². The van der Waals surface area contributed by atoms with E-state index in [2.05, 4.69) is 54.1 Å². The zero-order chi connectivity index (χ0) is 24.2. The summed E-state index contributed by atoms with van der Waals surface area (Å²) in [6.45, 7) is 6.27. The molecule has 1 heterocycles. The third-order valence-electron chi connectivity index (χ3n) is 6.90. The first-order valence-electron chi connectivity index (χ1n) is 12.3. The van der Waals surface area contributed by atoms with Crippen molar-refractivity contribution < 1.29 is 14.7 Å². The number of carbonyl (C=O) groups is 2. The van der Waals surface area contributed by atoms with Crippen LogP contribution in [0.1, 0.15) is 77.9 Å². The molecule has 0 aliphatic heterocycles. The van der Waals surface area contributed by atoms with Crippen LogP contribution in [0.25, 0.3) is 0 Å². The molecular weight excluding hydrogens is 424 g/mol. The van der Waals surface area contributed by atoms with Crippen molar-refractivity contribution in [2.75, 3.05) is 5.32 Å². The minimum atomic E-state index is -0.747. The van der Waals surface area contributed by atoms with E-state index in [0.29, 0.717) is 12.1 Å². The highest BCUT2D eigenvalue weighted by Gasteiger charge is 2.44. The monoisotopic (exact) mass is 458 g/mol. The standard InChI is InChI=1S/C29H34N2O3/c1-4-20(3)31-24(12-8-11-21-9-6-5-7-10-21)13-14-27(31)28(32)30-23-16-19(2)15-22(17-23)25-18-26(25)29(33)34/h5-7,9-10,13-17,20,25-26H,4,8,11-12,18H2,1-3H3,(H,30,32)(H,33,34)/t20-,25+,26+/m0/s1. The molecular formula is C29H34N2O3. The van der Waals surface area contributed by atoms with Crippen molar-refractivity contribution >= 4 is 17.6 Å². The van der Waals surface area contributed by atoms with Gasteiger partial charge in [0.2, 0.25) is 0 Å². The fourth-order valence-electron chi connectivity index (χ4n) is 4.83. The van der Waals surface area contributed by atoms with Crippen molar-refractivity contribution in [1.29, 1.82) is 0 Å². The van der Waals surface area contributed by atoms with E-state index in [-0.39, 0.29) is 23.8 Å². The Kier molecular flexibility index (Phi) is 7.20. The zero-order valence-electron chi connectivity index (χ0n) is 20.3. The highest BCUT2D eigenvalue weighted by atomic mass is 16.4. The lowest BCUT2D eigenvalue weighted by Crippen LogP contribution is -2.20.